The second-order valence-electron chi connectivity index (χ2n) is 5.53. The summed E-state index contributed by atoms with van der Waals surface area (Å²) in [4.78, 5) is 26.1. The Kier molecular flexibility index (Phi) is 6.37. The van der Waals surface area contributed by atoms with Crippen molar-refractivity contribution >= 4 is 29.7 Å². The van der Waals surface area contributed by atoms with Gasteiger partial charge in [-0.15, -0.1) is 0 Å². The molecule has 22 heavy (non-hydrogen) atoms. The standard InChI is InChI=1S/C15H19ClN2O4/c1-15(2,3)22-14(21)17-7-5-4-6-10-8-11(13(19)20)12(16)18-9-10/h4,6,8-9H,5,7H2,1-3H3,(H,17,21)(H,19,20). The lowest BCUT2D eigenvalue weighted by molar-refractivity contribution is 0.0528. The van der Waals surface area contributed by atoms with Gasteiger partial charge in [-0.1, -0.05) is 23.8 Å². The van der Waals surface area contributed by atoms with Crippen LogP contribution in [0.4, 0.5) is 4.79 Å². The van der Waals surface area contributed by atoms with Crippen LogP contribution in [0, 0.1) is 0 Å². The van der Waals surface area contributed by atoms with E-state index < -0.39 is 17.7 Å². The highest BCUT2D eigenvalue weighted by atomic mass is 35.5. The zero-order valence-corrected chi connectivity index (χ0v) is 13.5. The van der Waals surface area contributed by atoms with Crippen molar-refractivity contribution in [2.75, 3.05) is 6.54 Å². The Labute approximate surface area is 134 Å². The lowest BCUT2D eigenvalue weighted by atomic mass is 10.2. The fourth-order valence-electron chi connectivity index (χ4n) is 1.50. The highest BCUT2D eigenvalue weighted by Crippen LogP contribution is 2.15. The van der Waals surface area contributed by atoms with Gasteiger partial charge in [0.2, 0.25) is 0 Å². The lowest BCUT2D eigenvalue weighted by Gasteiger charge is -2.19. The maximum absolute atomic E-state index is 11.4. The summed E-state index contributed by atoms with van der Waals surface area (Å²) in [5.74, 6) is -1.13. The molecule has 0 fully saturated rings. The zero-order valence-electron chi connectivity index (χ0n) is 12.7. The molecular formula is C15H19ClN2O4. The van der Waals surface area contributed by atoms with Crippen LogP contribution in [0.25, 0.3) is 6.08 Å². The normalized spacial score (nSPS) is 11.5. The van der Waals surface area contributed by atoms with Gasteiger partial charge in [-0.3, -0.25) is 0 Å². The summed E-state index contributed by atoms with van der Waals surface area (Å²) in [5, 5.41) is 11.5. The molecule has 0 aromatic carbocycles. The van der Waals surface area contributed by atoms with Crippen molar-refractivity contribution < 1.29 is 19.4 Å². The number of carbonyl (C=O) groups is 2. The van der Waals surface area contributed by atoms with Gasteiger partial charge in [0.1, 0.15) is 10.8 Å². The largest absolute Gasteiger partial charge is 0.478 e. The average molecular weight is 327 g/mol. The van der Waals surface area contributed by atoms with Gasteiger partial charge in [0, 0.05) is 12.7 Å². The minimum absolute atomic E-state index is 0.0451. The van der Waals surface area contributed by atoms with Gasteiger partial charge in [-0.2, -0.15) is 0 Å². The first-order valence-corrected chi connectivity index (χ1v) is 7.09. The molecular weight excluding hydrogens is 308 g/mol. The number of nitrogens with one attached hydrogen (secondary N) is 1. The number of aromatic nitrogens is 1. The molecule has 0 aliphatic heterocycles. The second-order valence-corrected chi connectivity index (χ2v) is 5.89. The molecule has 0 aliphatic rings. The topological polar surface area (TPSA) is 88.5 Å². The molecule has 0 bridgehead atoms. The van der Waals surface area contributed by atoms with Crippen molar-refractivity contribution in [3.63, 3.8) is 0 Å². The van der Waals surface area contributed by atoms with Crippen LogP contribution < -0.4 is 5.32 Å². The molecule has 0 atom stereocenters. The van der Waals surface area contributed by atoms with Gasteiger partial charge in [0.25, 0.3) is 0 Å². The summed E-state index contributed by atoms with van der Waals surface area (Å²) in [6, 6.07) is 1.44. The summed E-state index contributed by atoms with van der Waals surface area (Å²) in [5.41, 5.74) is 0.0528. The Balaban J connectivity index is 2.45. The lowest BCUT2D eigenvalue weighted by Crippen LogP contribution is -2.32. The predicted octanol–water partition coefficient (Wildman–Crippen LogP) is 3.36. The molecule has 7 heteroatoms. The highest BCUT2D eigenvalue weighted by Gasteiger charge is 2.15. The monoisotopic (exact) mass is 326 g/mol. The Morgan fingerprint density at radius 3 is 2.73 bits per heavy atom. The van der Waals surface area contributed by atoms with E-state index in [-0.39, 0.29) is 10.7 Å². The van der Waals surface area contributed by atoms with E-state index in [1.807, 2.05) is 0 Å². The van der Waals surface area contributed by atoms with Crippen molar-refractivity contribution in [3.05, 3.63) is 34.6 Å². The van der Waals surface area contributed by atoms with E-state index in [1.54, 1.807) is 32.9 Å². The molecule has 1 aromatic rings. The van der Waals surface area contributed by atoms with E-state index in [2.05, 4.69) is 10.3 Å². The number of hydrogen-bond donors (Lipinski definition) is 2. The van der Waals surface area contributed by atoms with Crippen LogP contribution >= 0.6 is 11.6 Å². The number of carboxylic acid groups (broad SMARTS) is 1. The quantitative estimate of drug-likeness (QED) is 0.639. The van der Waals surface area contributed by atoms with Crippen LogP contribution in [-0.4, -0.2) is 34.3 Å². The number of carbonyl (C=O) groups excluding carboxylic acids is 1. The number of pyridine rings is 1. The SMILES string of the molecule is CC(C)(C)OC(=O)NCCC=Cc1cnc(Cl)c(C(=O)O)c1. The van der Waals surface area contributed by atoms with Crippen molar-refractivity contribution in [2.45, 2.75) is 32.8 Å². The van der Waals surface area contributed by atoms with Crippen molar-refractivity contribution in [3.8, 4) is 0 Å². The van der Waals surface area contributed by atoms with E-state index in [0.717, 1.165) is 0 Å². The molecule has 0 saturated carbocycles. The Morgan fingerprint density at radius 2 is 2.14 bits per heavy atom. The summed E-state index contributed by atoms with van der Waals surface area (Å²) in [6.07, 6.45) is 5.10. The van der Waals surface area contributed by atoms with Crippen LogP contribution in [0.5, 0.6) is 0 Å². The first-order chi connectivity index (χ1) is 10.2. The van der Waals surface area contributed by atoms with Crippen LogP contribution in [0.1, 0.15) is 43.1 Å². The Morgan fingerprint density at radius 1 is 1.45 bits per heavy atom. The second kappa shape index (κ2) is 7.79. The van der Waals surface area contributed by atoms with E-state index in [1.165, 1.54) is 12.3 Å². The summed E-state index contributed by atoms with van der Waals surface area (Å²) >= 11 is 5.69. The number of halogens is 1. The molecule has 6 nitrogen and oxygen atoms in total. The molecule has 1 heterocycles. The van der Waals surface area contributed by atoms with Gasteiger partial charge in [0.05, 0.1) is 5.56 Å². The fraction of sp³-hybridized carbons (Fsp3) is 0.400. The van der Waals surface area contributed by atoms with E-state index >= 15 is 0 Å². The highest BCUT2D eigenvalue weighted by molar-refractivity contribution is 6.32. The zero-order chi connectivity index (χ0) is 16.8. The third-order valence-electron chi connectivity index (χ3n) is 2.38. The molecule has 1 rings (SSSR count). The van der Waals surface area contributed by atoms with Gasteiger partial charge in [0.15, 0.2) is 0 Å². The van der Waals surface area contributed by atoms with E-state index in [4.69, 9.17) is 21.4 Å². The summed E-state index contributed by atoms with van der Waals surface area (Å²) < 4.78 is 5.09. The summed E-state index contributed by atoms with van der Waals surface area (Å²) in [6.45, 7) is 5.79. The van der Waals surface area contributed by atoms with E-state index in [9.17, 15) is 9.59 Å². The third-order valence-corrected chi connectivity index (χ3v) is 2.68. The number of nitrogens with zero attached hydrogens (tertiary/aromatic N) is 1. The number of alkyl carbamates (subject to hydrolysis) is 1. The molecule has 2 N–H and O–H groups in total. The Bertz CT molecular complexity index is 579. The van der Waals surface area contributed by atoms with Crippen LogP contribution in [0.15, 0.2) is 18.3 Å². The number of ether oxygens (including phenoxy) is 1. The average Bonchev–Trinajstić information content (AvgIpc) is 2.37. The molecule has 0 saturated heterocycles. The molecule has 0 aliphatic carbocycles. The van der Waals surface area contributed by atoms with Crippen LogP contribution in [0.3, 0.4) is 0 Å². The van der Waals surface area contributed by atoms with Crippen molar-refractivity contribution in [2.24, 2.45) is 0 Å². The van der Waals surface area contributed by atoms with Gasteiger partial charge in [-0.25, -0.2) is 14.6 Å². The van der Waals surface area contributed by atoms with Crippen LogP contribution in [-0.2, 0) is 4.74 Å². The number of rotatable bonds is 5. The van der Waals surface area contributed by atoms with Gasteiger partial charge < -0.3 is 15.2 Å². The molecule has 0 unspecified atom stereocenters. The first-order valence-electron chi connectivity index (χ1n) is 6.71. The smallest absolute Gasteiger partial charge is 0.407 e. The number of aromatic carboxylic acids is 1. The Hall–Kier alpha value is -2.08. The van der Waals surface area contributed by atoms with Crippen LogP contribution in [0.2, 0.25) is 5.15 Å². The first kappa shape index (κ1) is 18.0. The minimum Gasteiger partial charge on any atom is -0.478 e. The van der Waals surface area contributed by atoms with Crippen molar-refractivity contribution in [1.29, 1.82) is 0 Å². The van der Waals surface area contributed by atoms with Gasteiger partial charge in [-0.05, 0) is 38.8 Å². The molecule has 1 amide bonds. The van der Waals surface area contributed by atoms with E-state index in [0.29, 0.717) is 18.5 Å². The van der Waals surface area contributed by atoms with Crippen molar-refractivity contribution in [1.82, 2.24) is 10.3 Å². The minimum atomic E-state index is -1.13. The fourth-order valence-corrected chi connectivity index (χ4v) is 1.68. The number of carboxylic acids is 1. The maximum atomic E-state index is 11.4. The number of amides is 1. The molecule has 0 spiro atoms. The predicted molar refractivity (Wildman–Crippen MR) is 84.1 cm³/mol. The maximum Gasteiger partial charge on any atom is 0.407 e. The molecule has 1 aromatic heterocycles. The summed E-state index contributed by atoms with van der Waals surface area (Å²) in [7, 11) is 0. The van der Waals surface area contributed by atoms with Gasteiger partial charge >= 0.3 is 12.1 Å². The third kappa shape index (κ3) is 6.58. The number of hydrogen-bond acceptors (Lipinski definition) is 4. The molecule has 0 radical (unpaired) electrons. The molecule has 120 valence electrons.